The Labute approximate surface area is 113 Å². The van der Waals surface area contributed by atoms with Crippen LogP contribution in [0, 0.1) is 10.1 Å². The molecule has 1 heterocycles. The average Bonchev–Trinajstić information content (AvgIpc) is 2.92. The summed E-state index contributed by atoms with van der Waals surface area (Å²) in [5, 5.41) is 13.1. The van der Waals surface area contributed by atoms with E-state index in [0.29, 0.717) is 0 Å². The zero-order valence-electron chi connectivity index (χ0n) is 9.98. The number of nitro groups is 1. The molecule has 0 unspecified atom stereocenters. The van der Waals surface area contributed by atoms with Crippen LogP contribution >= 0.6 is 11.3 Å². The standard InChI is InChI=1S/C12H10N2O4S/c1-13(11-3-2-8-19-11)12(15)18-10-6-4-9(5-7-10)14(16)17/h2-8H,1H3. The number of hydrogen-bond donors (Lipinski definition) is 0. The van der Waals surface area contributed by atoms with Gasteiger partial charge in [-0.1, -0.05) is 0 Å². The van der Waals surface area contributed by atoms with Crippen LogP contribution in [-0.2, 0) is 0 Å². The van der Waals surface area contributed by atoms with Gasteiger partial charge in [0.05, 0.1) is 4.92 Å². The van der Waals surface area contributed by atoms with E-state index in [9.17, 15) is 14.9 Å². The highest BCUT2D eigenvalue weighted by molar-refractivity contribution is 7.14. The third-order valence-corrected chi connectivity index (χ3v) is 3.31. The third-order valence-electron chi connectivity index (χ3n) is 2.36. The van der Waals surface area contributed by atoms with E-state index in [1.54, 1.807) is 13.1 Å². The number of benzene rings is 1. The lowest BCUT2D eigenvalue weighted by Gasteiger charge is -2.14. The van der Waals surface area contributed by atoms with Crippen molar-refractivity contribution in [1.29, 1.82) is 0 Å². The summed E-state index contributed by atoms with van der Waals surface area (Å²) in [6.07, 6.45) is -0.545. The van der Waals surface area contributed by atoms with Crippen LogP contribution in [0.15, 0.2) is 41.8 Å². The minimum atomic E-state index is -0.545. The van der Waals surface area contributed by atoms with Crippen LogP contribution in [0.3, 0.4) is 0 Å². The summed E-state index contributed by atoms with van der Waals surface area (Å²) in [6.45, 7) is 0. The molecule has 0 fully saturated rings. The van der Waals surface area contributed by atoms with Crippen molar-refractivity contribution in [2.24, 2.45) is 0 Å². The maximum absolute atomic E-state index is 11.8. The van der Waals surface area contributed by atoms with Crippen molar-refractivity contribution in [3.63, 3.8) is 0 Å². The molecule has 1 amide bonds. The molecule has 0 aliphatic rings. The molecule has 1 aromatic heterocycles. The highest BCUT2D eigenvalue weighted by atomic mass is 32.1. The van der Waals surface area contributed by atoms with E-state index >= 15 is 0 Å². The van der Waals surface area contributed by atoms with E-state index in [4.69, 9.17) is 4.74 Å². The van der Waals surface area contributed by atoms with E-state index in [2.05, 4.69) is 0 Å². The van der Waals surface area contributed by atoms with Crippen molar-refractivity contribution >= 4 is 28.1 Å². The summed E-state index contributed by atoms with van der Waals surface area (Å²) in [4.78, 5) is 23.2. The average molecular weight is 278 g/mol. The van der Waals surface area contributed by atoms with Gasteiger partial charge in [0, 0.05) is 19.2 Å². The van der Waals surface area contributed by atoms with Gasteiger partial charge in [-0.05, 0) is 29.6 Å². The highest BCUT2D eigenvalue weighted by Crippen LogP contribution is 2.22. The fraction of sp³-hybridized carbons (Fsp3) is 0.0833. The normalized spacial score (nSPS) is 9.95. The molecular formula is C12H10N2O4S. The van der Waals surface area contributed by atoms with E-state index in [1.807, 2.05) is 11.4 Å². The number of carbonyl (C=O) groups is 1. The van der Waals surface area contributed by atoms with Crippen LogP contribution in [0.2, 0.25) is 0 Å². The number of carbonyl (C=O) groups excluding carboxylic acids is 1. The Morgan fingerprint density at radius 1 is 1.32 bits per heavy atom. The largest absolute Gasteiger partial charge is 0.420 e. The molecule has 0 radical (unpaired) electrons. The van der Waals surface area contributed by atoms with Crippen molar-refractivity contribution in [2.75, 3.05) is 11.9 Å². The van der Waals surface area contributed by atoms with Crippen LogP contribution in [0.1, 0.15) is 0 Å². The molecule has 98 valence electrons. The molecule has 6 nitrogen and oxygen atoms in total. The predicted molar refractivity (Wildman–Crippen MR) is 71.8 cm³/mol. The molecule has 0 saturated carbocycles. The Morgan fingerprint density at radius 2 is 2.00 bits per heavy atom. The van der Waals surface area contributed by atoms with Crippen LogP contribution in [0.4, 0.5) is 15.5 Å². The van der Waals surface area contributed by atoms with E-state index in [0.717, 1.165) is 5.00 Å². The lowest BCUT2D eigenvalue weighted by atomic mass is 10.3. The summed E-state index contributed by atoms with van der Waals surface area (Å²) in [5.74, 6) is 0.263. The maximum atomic E-state index is 11.8. The molecule has 2 rings (SSSR count). The number of nitrogens with zero attached hydrogens (tertiary/aromatic N) is 2. The maximum Gasteiger partial charge on any atom is 0.420 e. The Bertz CT molecular complexity index is 580. The van der Waals surface area contributed by atoms with Crippen molar-refractivity contribution in [2.45, 2.75) is 0 Å². The van der Waals surface area contributed by atoms with Gasteiger partial charge in [0.25, 0.3) is 5.69 Å². The fourth-order valence-electron chi connectivity index (χ4n) is 1.36. The van der Waals surface area contributed by atoms with Crippen LogP contribution < -0.4 is 9.64 Å². The monoisotopic (exact) mass is 278 g/mol. The van der Waals surface area contributed by atoms with Crippen molar-refractivity contribution < 1.29 is 14.5 Å². The van der Waals surface area contributed by atoms with Gasteiger partial charge in [-0.25, -0.2) is 4.79 Å². The molecule has 0 atom stereocenters. The summed E-state index contributed by atoms with van der Waals surface area (Å²) < 4.78 is 5.11. The quantitative estimate of drug-likeness (QED) is 0.638. The second-order valence-corrected chi connectivity index (χ2v) is 4.56. The number of hydrogen-bond acceptors (Lipinski definition) is 5. The van der Waals surface area contributed by atoms with Crippen LogP contribution in [-0.4, -0.2) is 18.1 Å². The first-order valence-corrected chi connectivity index (χ1v) is 6.19. The Kier molecular flexibility index (Phi) is 3.76. The second kappa shape index (κ2) is 5.49. The number of ether oxygens (including phenoxy) is 1. The minimum absolute atomic E-state index is 0.0496. The summed E-state index contributed by atoms with van der Waals surface area (Å²) in [6, 6.07) is 8.97. The molecule has 19 heavy (non-hydrogen) atoms. The van der Waals surface area contributed by atoms with Gasteiger partial charge in [-0.3, -0.25) is 15.0 Å². The molecular weight excluding hydrogens is 268 g/mol. The first-order valence-electron chi connectivity index (χ1n) is 5.31. The Hall–Kier alpha value is -2.41. The van der Waals surface area contributed by atoms with Gasteiger partial charge >= 0.3 is 6.09 Å². The van der Waals surface area contributed by atoms with Gasteiger partial charge in [-0.2, -0.15) is 0 Å². The molecule has 0 saturated heterocycles. The van der Waals surface area contributed by atoms with Crippen molar-refractivity contribution in [3.05, 3.63) is 51.9 Å². The zero-order valence-corrected chi connectivity index (χ0v) is 10.8. The summed E-state index contributed by atoms with van der Waals surface area (Å²) in [5.41, 5.74) is -0.0496. The van der Waals surface area contributed by atoms with Gasteiger partial charge in [0.1, 0.15) is 10.8 Å². The summed E-state index contributed by atoms with van der Waals surface area (Å²) in [7, 11) is 1.60. The lowest BCUT2D eigenvalue weighted by molar-refractivity contribution is -0.384. The summed E-state index contributed by atoms with van der Waals surface area (Å²) >= 11 is 1.41. The minimum Gasteiger partial charge on any atom is -0.410 e. The van der Waals surface area contributed by atoms with E-state index < -0.39 is 11.0 Å². The third kappa shape index (κ3) is 3.08. The number of rotatable bonds is 3. The fourth-order valence-corrected chi connectivity index (χ4v) is 2.04. The van der Waals surface area contributed by atoms with Crippen LogP contribution in [0.5, 0.6) is 5.75 Å². The molecule has 0 bridgehead atoms. The predicted octanol–water partition coefficient (Wildman–Crippen LogP) is 3.29. The molecule has 7 heteroatoms. The number of anilines is 1. The van der Waals surface area contributed by atoms with Gasteiger partial charge in [0.2, 0.25) is 0 Å². The lowest BCUT2D eigenvalue weighted by Crippen LogP contribution is -2.28. The first-order chi connectivity index (χ1) is 9.08. The highest BCUT2D eigenvalue weighted by Gasteiger charge is 2.14. The molecule has 0 aliphatic heterocycles. The van der Waals surface area contributed by atoms with Crippen LogP contribution in [0.25, 0.3) is 0 Å². The zero-order chi connectivity index (χ0) is 13.8. The molecule has 0 N–H and O–H groups in total. The smallest absolute Gasteiger partial charge is 0.410 e. The van der Waals surface area contributed by atoms with Gasteiger partial charge in [-0.15, -0.1) is 11.3 Å². The number of non-ortho nitro benzene ring substituents is 1. The molecule has 0 spiro atoms. The van der Waals surface area contributed by atoms with Crippen molar-refractivity contribution in [1.82, 2.24) is 0 Å². The number of thiophene rings is 1. The molecule has 1 aromatic carbocycles. The van der Waals surface area contributed by atoms with E-state index in [-0.39, 0.29) is 11.4 Å². The molecule has 2 aromatic rings. The second-order valence-electron chi connectivity index (χ2n) is 3.63. The Morgan fingerprint density at radius 3 is 2.53 bits per heavy atom. The first kappa shape index (κ1) is 13.0. The molecule has 0 aliphatic carbocycles. The van der Waals surface area contributed by atoms with Crippen molar-refractivity contribution in [3.8, 4) is 5.75 Å². The number of nitro benzene ring substituents is 1. The van der Waals surface area contributed by atoms with Gasteiger partial charge in [0.15, 0.2) is 0 Å². The van der Waals surface area contributed by atoms with E-state index in [1.165, 1.54) is 40.5 Å². The Balaban J connectivity index is 2.04. The SMILES string of the molecule is CN(C(=O)Oc1ccc([N+](=O)[O-])cc1)c1cccs1. The topological polar surface area (TPSA) is 72.7 Å². The van der Waals surface area contributed by atoms with Gasteiger partial charge < -0.3 is 4.74 Å². The number of amides is 1.